The number of aliphatic hydroxyl groups is 1. The molecule has 0 saturated heterocycles. The minimum Gasteiger partial charge on any atom is -0.394 e. The number of hydrogen-bond donors (Lipinski definition) is 2. The van der Waals surface area contributed by atoms with Crippen LogP contribution in [0.2, 0.25) is 0 Å². The molecule has 2 unspecified atom stereocenters. The molecule has 2 atom stereocenters. The van der Waals surface area contributed by atoms with E-state index >= 15 is 0 Å². The van der Waals surface area contributed by atoms with Gasteiger partial charge in [0.2, 0.25) is 0 Å². The second kappa shape index (κ2) is 4.89. The molecule has 104 valence electrons. The largest absolute Gasteiger partial charge is 0.419 e. The summed E-state index contributed by atoms with van der Waals surface area (Å²) < 4.78 is 38.5. The number of alkyl halides is 3. The van der Waals surface area contributed by atoms with Crippen molar-refractivity contribution in [2.75, 3.05) is 6.61 Å². The average Bonchev–Trinajstić information content (AvgIpc) is 2.66. The summed E-state index contributed by atoms with van der Waals surface area (Å²) in [5, 5.41) is 12.9. The predicted octanol–water partition coefficient (Wildman–Crippen LogP) is 1.81. The van der Waals surface area contributed by atoms with Gasteiger partial charge in [0.05, 0.1) is 24.4 Å². The maximum absolute atomic E-state index is 12.5. The van der Waals surface area contributed by atoms with Gasteiger partial charge in [-0.1, -0.05) is 20.8 Å². The molecule has 0 aromatic carbocycles. The van der Waals surface area contributed by atoms with Gasteiger partial charge >= 0.3 is 6.18 Å². The van der Waals surface area contributed by atoms with Crippen LogP contribution in [0.5, 0.6) is 0 Å². The van der Waals surface area contributed by atoms with E-state index in [2.05, 4.69) is 5.10 Å². The molecule has 0 radical (unpaired) electrons. The lowest BCUT2D eigenvalue weighted by Crippen LogP contribution is -2.44. The van der Waals surface area contributed by atoms with Crippen molar-refractivity contribution in [3.8, 4) is 0 Å². The minimum absolute atomic E-state index is 0.349. The number of nitrogens with zero attached hydrogens (tertiary/aromatic N) is 2. The molecule has 0 aliphatic rings. The second-order valence-electron chi connectivity index (χ2n) is 5.35. The summed E-state index contributed by atoms with van der Waals surface area (Å²) in [6.07, 6.45) is -2.84. The highest BCUT2D eigenvalue weighted by Gasteiger charge is 2.35. The lowest BCUT2D eigenvalue weighted by atomic mass is 9.83. The van der Waals surface area contributed by atoms with Crippen molar-refractivity contribution >= 4 is 0 Å². The number of aromatic nitrogens is 2. The fourth-order valence-electron chi connectivity index (χ4n) is 1.60. The first-order valence-corrected chi connectivity index (χ1v) is 5.55. The van der Waals surface area contributed by atoms with Crippen LogP contribution >= 0.6 is 0 Å². The van der Waals surface area contributed by atoms with E-state index in [1.807, 2.05) is 20.8 Å². The van der Waals surface area contributed by atoms with E-state index in [9.17, 15) is 18.3 Å². The van der Waals surface area contributed by atoms with E-state index in [1.54, 1.807) is 0 Å². The number of hydrogen-bond acceptors (Lipinski definition) is 3. The zero-order valence-electron chi connectivity index (χ0n) is 10.6. The van der Waals surface area contributed by atoms with Gasteiger partial charge in [0, 0.05) is 12.2 Å². The van der Waals surface area contributed by atoms with Crippen LogP contribution in [0.3, 0.4) is 0 Å². The highest BCUT2D eigenvalue weighted by atomic mass is 19.4. The molecule has 0 spiro atoms. The van der Waals surface area contributed by atoms with Crippen molar-refractivity contribution in [2.24, 2.45) is 11.1 Å². The molecule has 3 N–H and O–H groups in total. The van der Waals surface area contributed by atoms with Crippen molar-refractivity contribution < 1.29 is 18.3 Å². The molecule has 1 heterocycles. The van der Waals surface area contributed by atoms with Crippen LogP contribution in [0.4, 0.5) is 13.2 Å². The molecule has 7 heteroatoms. The second-order valence-corrected chi connectivity index (χ2v) is 5.35. The van der Waals surface area contributed by atoms with Gasteiger partial charge in [-0.3, -0.25) is 4.68 Å². The normalized spacial score (nSPS) is 16.7. The van der Waals surface area contributed by atoms with Gasteiger partial charge in [-0.05, 0) is 5.41 Å². The minimum atomic E-state index is -4.44. The molecule has 0 aliphatic heterocycles. The Morgan fingerprint density at radius 2 is 1.94 bits per heavy atom. The molecule has 0 amide bonds. The molecule has 0 saturated carbocycles. The van der Waals surface area contributed by atoms with Gasteiger partial charge < -0.3 is 10.8 Å². The number of aliphatic hydroxyl groups excluding tert-OH is 1. The van der Waals surface area contributed by atoms with Gasteiger partial charge in [-0.15, -0.1) is 0 Å². The summed E-state index contributed by atoms with van der Waals surface area (Å²) in [6.45, 7) is 5.20. The van der Waals surface area contributed by atoms with E-state index < -0.39 is 23.8 Å². The number of nitrogens with two attached hydrogens (primary N) is 1. The fraction of sp³-hybridized carbons (Fsp3) is 0.727. The number of halogens is 3. The summed E-state index contributed by atoms with van der Waals surface area (Å²) in [7, 11) is 0. The molecule has 0 bridgehead atoms. The van der Waals surface area contributed by atoms with Crippen molar-refractivity contribution in [1.29, 1.82) is 0 Å². The van der Waals surface area contributed by atoms with Gasteiger partial charge in [0.15, 0.2) is 0 Å². The van der Waals surface area contributed by atoms with E-state index in [1.165, 1.54) is 0 Å². The molecule has 18 heavy (non-hydrogen) atoms. The molecular formula is C11H18F3N3O. The first-order chi connectivity index (χ1) is 8.07. The summed E-state index contributed by atoms with van der Waals surface area (Å²) in [5.41, 5.74) is 4.76. The SMILES string of the molecule is CC(C)(C)C(N)C(CO)n1cc(C(F)(F)F)cn1. The van der Waals surface area contributed by atoms with Crippen molar-refractivity contribution in [2.45, 2.75) is 39.0 Å². The van der Waals surface area contributed by atoms with Gasteiger partial charge in [0.1, 0.15) is 0 Å². The van der Waals surface area contributed by atoms with Gasteiger partial charge in [-0.2, -0.15) is 18.3 Å². The van der Waals surface area contributed by atoms with Crippen LogP contribution in [0, 0.1) is 5.41 Å². The predicted molar refractivity (Wildman–Crippen MR) is 60.8 cm³/mol. The molecule has 4 nitrogen and oxygen atoms in total. The van der Waals surface area contributed by atoms with Gasteiger partial charge in [-0.25, -0.2) is 0 Å². The average molecular weight is 265 g/mol. The Hall–Kier alpha value is -1.08. The van der Waals surface area contributed by atoms with Crippen molar-refractivity contribution in [1.82, 2.24) is 9.78 Å². The Bertz CT molecular complexity index is 395. The summed E-state index contributed by atoms with van der Waals surface area (Å²) in [5.74, 6) is 0. The summed E-state index contributed by atoms with van der Waals surface area (Å²) in [4.78, 5) is 0. The van der Waals surface area contributed by atoms with Crippen LogP contribution in [0.25, 0.3) is 0 Å². The van der Waals surface area contributed by atoms with Crippen LogP contribution in [0.1, 0.15) is 32.4 Å². The van der Waals surface area contributed by atoms with Crippen molar-refractivity contribution in [3.63, 3.8) is 0 Å². The van der Waals surface area contributed by atoms with Crippen LogP contribution in [-0.4, -0.2) is 27.5 Å². The quantitative estimate of drug-likeness (QED) is 0.876. The third-order valence-corrected chi connectivity index (χ3v) is 2.87. The highest BCUT2D eigenvalue weighted by molar-refractivity contribution is 5.09. The topological polar surface area (TPSA) is 64.1 Å². The van der Waals surface area contributed by atoms with Gasteiger partial charge in [0.25, 0.3) is 0 Å². The summed E-state index contributed by atoms with van der Waals surface area (Å²) >= 11 is 0. The standard InChI is InChI=1S/C11H18F3N3O/c1-10(2,3)9(15)8(6-18)17-5-7(4-16-17)11(12,13)14/h4-5,8-9,18H,6,15H2,1-3H3. The van der Waals surface area contributed by atoms with E-state index in [0.717, 1.165) is 17.1 Å². The lowest BCUT2D eigenvalue weighted by Gasteiger charge is -2.33. The molecule has 1 aromatic heterocycles. The Morgan fingerprint density at radius 3 is 2.28 bits per heavy atom. The molecule has 0 fully saturated rings. The van der Waals surface area contributed by atoms with Crippen LogP contribution in [0.15, 0.2) is 12.4 Å². The van der Waals surface area contributed by atoms with Crippen LogP contribution < -0.4 is 5.73 Å². The zero-order chi connectivity index (χ0) is 14.1. The number of rotatable bonds is 3. The molecule has 1 rings (SSSR count). The molecular weight excluding hydrogens is 247 g/mol. The zero-order valence-corrected chi connectivity index (χ0v) is 10.6. The third kappa shape index (κ3) is 3.23. The maximum atomic E-state index is 12.5. The van der Waals surface area contributed by atoms with Crippen LogP contribution in [-0.2, 0) is 6.18 Å². The molecule has 0 aliphatic carbocycles. The Kier molecular flexibility index (Phi) is 4.07. The van der Waals surface area contributed by atoms with E-state index in [4.69, 9.17) is 5.73 Å². The first kappa shape index (κ1) is 15.0. The Morgan fingerprint density at radius 1 is 1.39 bits per heavy atom. The highest BCUT2D eigenvalue weighted by Crippen LogP contribution is 2.31. The van der Waals surface area contributed by atoms with E-state index in [0.29, 0.717) is 0 Å². The maximum Gasteiger partial charge on any atom is 0.419 e. The van der Waals surface area contributed by atoms with Crippen molar-refractivity contribution in [3.05, 3.63) is 18.0 Å². The molecule has 1 aromatic rings. The Balaban J connectivity index is 3.00. The van der Waals surface area contributed by atoms with E-state index in [-0.39, 0.29) is 12.0 Å². The third-order valence-electron chi connectivity index (χ3n) is 2.87. The Labute approximate surface area is 104 Å². The smallest absolute Gasteiger partial charge is 0.394 e. The monoisotopic (exact) mass is 265 g/mol. The lowest BCUT2D eigenvalue weighted by molar-refractivity contribution is -0.137. The fourth-order valence-corrected chi connectivity index (χ4v) is 1.60. The summed E-state index contributed by atoms with van der Waals surface area (Å²) in [6, 6.07) is -1.19. The first-order valence-electron chi connectivity index (χ1n) is 5.55.